The van der Waals surface area contributed by atoms with Crippen molar-refractivity contribution < 1.29 is 4.79 Å². The molecule has 6 heteroatoms. The third kappa shape index (κ3) is 4.63. The molecule has 4 aromatic rings. The number of anilines is 2. The number of Topliss-reactive ketones (excluding diaryl/α,β-unsaturated/α-hetero) is 1. The van der Waals surface area contributed by atoms with Crippen LogP contribution in [0.4, 0.5) is 11.5 Å². The minimum Gasteiger partial charge on any atom is -0.339 e. The first-order valence-corrected chi connectivity index (χ1v) is 11.5. The number of carbonyl (C=O) groups is 1. The van der Waals surface area contributed by atoms with Gasteiger partial charge in [0.2, 0.25) is 0 Å². The lowest BCUT2D eigenvalue weighted by molar-refractivity contribution is 0.0993. The van der Waals surface area contributed by atoms with Gasteiger partial charge in [-0.1, -0.05) is 42.5 Å². The molecule has 5 nitrogen and oxygen atoms in total. The summed E-state index contributed by atoms with van der Waals surface area (Å²) in [6.45, 7) is 2.11. The van der Waals surface area contributed by atoms with E-state index in [-0.39, 0.29) is 5.78 Å². The van der Waals surface area contributed by atoms with Gasteiger partial charge in [-0.3, -0.25) is 4.79 Å². The fourth-order valence-electron chi connectivity index (χ4n) is 3.72. The van der Waals surface area contributed by atoms with Gasteiger partial charge >= 0.3 is 0 Å². The Morgan fingerprint density at radius 1 is 1.03 bits per heavy atom. The Balaban J connectivity index is 1.30. The standard InChI is InChI=1S/C26H22N4OS/c31-24(20-6-2-1-3-7-20)16-19-8-10-21(11-9-19)29-26-25-23(27-18-28-26)17-22(32-25)12-15-30-13-4-5-14-30/h1-3,6-11,17-18H,4-5,13-14,16H2,(H,27,28,29). The molecule has 2 aromatic carbocycles. The van der Waals surface area contributed by atoms with Crippen LogP contribution in [0.3, 0.4) is 0 Å². The first kappa shape index (κ1) is 20.2. The molecule has 0 bridgehead atoms. The number of hydrogen-bond donors (Lipinski definition) is 1. The van der Waals surface area contributed by atoms with Gasteiger partial charge in [-0.25, -0.2) is 9.97 Å². The van der Waals surface area contributed by atoms with E-state index in [2.05, 4.69) is 32.1 Å². The van der Waals surface area contributed by atoms with Crippen LogP contribution >= 0.6 is 11.3 Å². The fraction of sp³-hybridized carbons (Fsp3) is 0.192. The highest BCUT2D eigenvalue weighted by atomic mass is 32.1. The smallest absolute Gasteiger partial charge is 0.167 e. The predicted octanol–water partition coefficient (Wildman–Crippen LogP) is 5.27. The summed E-state index contributed by atoms with van der Waals surface area (Å²) in [4.78, 5) is 24.4. The number of rotatable bonds is 5. The third-order valence-electron chi connectivity index (χ3n) is 5.43. The molecule has 2 aromatic heterocycles. The number of fused-ring (bicyclic) bond motifs is 1. The molecule has 0 amide bonds. The SMILES string of the molecule is O=C(Cc1ccc(Nc2ncnc3cc(C#CN4CCCC4)sc23)cc1)c1ccccc1. The molecule has 0 atom stereocenters. The van der Waals surface area contributed by atoms with Gasteiger partial charge in [0.1, 0.15) is 6.33 Å². The number of aromatic nitrogens is 2. The maximum atomic E-state index is 12.4. The normalized spacial score (nSPS) is 13.1. The monoisotopic (exact) mass is 438 g/mol. The molecule has 158 valence electrons. The molecular formula is C26H22N4OS. The van der Waals surface area contributed by atoms with Crippen molar-refractivity contribution in [2.75, 3.05) is 18.4 Å². The third-order valence-corrected chi connectivity index (χ3v) is 6.48. The van der Waals surface area contributed by atoms with Gasteiger partial charge < -0.3 is 10.2 Å². The second-order valence-corrected chi connectivity index (χ2v) is 8.82. The number of hydrogen-bond acceptors (Lipinski definition) is 6. The van der Waals surface area contributed by atoms with E-state index < -0.39 is 0 Å². The number of nitrogens with zero attached hydrogens (tertiary/aromatic N) is 3. The highest BCUT2D eigenvalue weighted by Crippen LogP contribution is 2.30. The van der Waals surface area contributed by atoms with Crippen molar-refractivity contribution in [2.45, 2.75) is 19.3 Å². The van der Waals surface area contributed by atoms with E-state index >= 15 is 0 Å². The zero-order chi connectivity index (χ0) is 21.8. The zero-order valence-corrected chi connectivity index (χ0v) is 18.4. The van der Waals surface area contributed by atoms with Crippen molar-refractivity contribution in [3.8, 4) is 12.0 Å². The molecule has 3 heterocycles. The van der Waals surface area contributed by atoms with Gasteiger partial charge in [0.05, 0.1) is 15.1 Å². The molecule has 0 spiro atoms. The fourth-order valence-corrected chi connectivity index (χ4v) is 4.63. The van der Waals surface area contributed by atoms with E-state index in [9.17, 15) is 4.79 Å². The number of likely N-dealkylation sites (tertiary alicyclic amines) is 1. The van der Waals surface area contributed by atoms with Crippen LogP contribution in [0.25, 0.3) is 10.2 Å². The van der Waals surface area contributed by atoms with Crippen molar-refractivity contribution in [2.24, 2.45) is 0 Å². The summed E-state index contributed by atoms with van der Waals surface area (Å²) < 4.78 is 0.988. The summed E-state index contributed by atoms with van der Waals surface area (Å²) in [6, 6.07) is 22.6. The number of benzene rings is 2. The van der Waals surface area contributed by atoms with E-state index in [1.807, 2.05) is 60.7 Å². The van der Waals surface area contributed by atoms with E-state index in [1.165, 1.54) is 12.8 Å². The lowest BCUT2D eigenvalue weighted by Gasteiger charge is -2.07. The molecule has 1 aliphatic heterocycles. The summed E-state index contributed by atoms with van der Waals surface area (Å²) in [7, 11) is 0. The van der Waals surface area contributed by atoms with Crippen molar-refractivity contribution in [1.29, 1.82) is 0 Å². The van der Waals surface area contributed by atoms with Crippen LogP contribution in [0.1, 0.15) is 33.6 Å². The van der Waals surface area contributed by atoms with Crippen LogP contribution in [0.2, 0.25) is 0 Å². The Labute approximate surface area is 191 Å². The van der Waals surface area contributed by atoms with E-state index in [1.54, 1.807) is 17.7 Å². The Morgan fingerprint density at radius 3 is 2.59 bits per heavy atom. The van der Waals surface area contributed by atoms with Crippen molar-refractivity contribution >= 4 is 38.8 Å². The maximum Gasteiger partial charge on any atom is 0.167 e. The molecule has 0 radical (unpaired) electrons. The highest BCUT2D eigenvalue weighted by Gasteiger charge is 2.11. The van der Waals surface area contributed by atoms with E-state index in [4.69, 9.17) is 0 Å². The van der Waals surface area contributed by atoms with E-state index in [0.29, 0.717) is 6.42 Å². The van der Waals surface area contributed by atoms with Gasteiger partial charge in [-0.05, 0) is 42.5 Å². The molecule has 0 unspecified atom stereocenters. The number of carbonyl (C=O) groups excluding carboxylic acids is 1. The summed E-state index contributed by atoms with van der Waals surface area (Å²) in [5, 5.41) is 3.39. The van der Waals surface area contributed by atoms with Gasteiger partial charge in [0.25, 0.3) is 0 Å². The number of ketones is 1. The summed E-state index contributed by atoms with van der Waals surface area (Å²) >= 11 is 1.60. The Bertz CT molecular complexity index is 1300. The molecule has 1 saturated heterocycles. The summed E-state index contributed by atoms with van der Waals surface area (Å²) in [5.74, 6) is 4.15. The van der Waals surface area contributed by atoms with Crippen LogP contribution in [0.5, 0.6) is 0 Å². The van der Waals surface area contributed by atoms with Crippen LogP contribution < -0.4 is 5.32 Å². The number of nitrogens with one attached hydrogen (secondary N) is 1. The molecule has 0 aliphatic carbocycles. The Hall–Kier alpha value is -3.69. The van der Waals surface area contributed by atoms with Gasteiger partial charge in [-0.2, -0.15) is 0 Å². The largest absolute Gasteiger partial charge is 0.339 e. The van der Waals surface area contributed by atoms with E-state index in [0.717, 1.165) is 50.8 Å². The van der Waals surface area contributed by atoms with Crippen LogP contribution in [-0.4, -0.2) is 33.7 Å². The van der Waals surface area contributed by atoms with Gasteiger partial charge in [0, 0.05) is 36.8 Å². The first-order chi connectivity index (χ1) is 15.7. The van der Waals surface area contributed by atoms with Crippen molar-refractivity contribution in [1.82, 2.24) is 14.9 Å². The first-order valence-electron chi connectivity index (χ1n) is 10.7. The Kier molecular flexibility index (Phi) is 5.82. The zero-order valence-electron chi connectivity index (χ0n) is 17.5. The lowest BCUT2D eigenvalue weighted by Crippen LogP contribution is -2.10. The minimum absolute atomic E-state index is 0.116. The number of thiophene rings is 1. The van der Waals surface area contributed by atoms with Crippen LogP contribution in [0.15, 0.2) is 67.0 Å². The highest BCUT2D eigenvalue weighted by molar-refractivity contribution is 7.20. The maximum absolute atomic E-state index is 12.4. The topological polar surface area (TPSA) is 58.1 Å². The molecule has 1 aliphatic rings. The van der Waals surface area contributed by atoms with Crippen molar-refractivity contribution in [3.63, 3.8) is 0 Å². The molecule has 1 fully saturated rings. The second kappa shape index (κ2) is 9.21. The average Bonchev–Trinajstić information content (AvgIpc) is 3.50. The average molecular weight is 439 g/mol. The van der Waals surface area contributed by atoms with Crippen LogP contribution in [0, 0.1) is 12.0 Å². The van der Waals surface area contributed by atoms with Gasteiger partial charge in [-0.15, -0.1) is 11.3 Å². The summed E-state index contributed by atoms with van der Waals surface area (Å²) in [6.07, 6.45) is 4.40. The molecular weight excluding hydrogens is 416 g/mol. The molecule has 0 saturated carbocycles. The van der Waals surface area contributed by atoms with Crippen molar-refractivity contribution in [3.05, 3.63) is 83.0 Å². The predicted molar refractivity (Wildman–Crippen MR) is 129 cm³/mol. The molecule has 5 rings (SSSR count). The molecule has 32 heavy (non-hydrogen) atoms. The molecule has 1 N–H and O–H groups in total. The Morgan fingerprint density at radius 2 is 1.81 bits per heavy atom. The quantitative estimate of drug-likeness (QED) is 0.340. The lowest BCUT2D eigenvalue weighted by atomic mass is 10.0. The summed E-state index contributed by atoms with van der Waals surface area (Å²) in [5.41, 5.74) is 3.52. The van der Waals surface area contributed by atoms with Gasteiger partial charge in [0.15, 0.2) is 11.6 Å². The van der Waals surface area contributed by atoms with Crippen LogP contribution in [-0.2, 0) is 6.42 Å². The minimum atomic E-state index is 0.116. The second-order valence-electron chi connectivity index (χ2n) is 7.77.